The van der Waals surface area contributed by atoms with E-state index >= 15 is 0 Å². The van der Waals surface area contributed by atoms with Gasteiger partial charge in [0, 0.05) is 5.41 Å². The molecular formula is C20H26O3. The number of aromatic hydroxyl groups is 1. The van der Waals surface area contributed by atoms with Crippen LogP contribution in [-0.2, 0) is 5.41 Å². The van der Waals surface area contributed by atoms with Crippen molar-refractivity contribution in [2.24, 2.45) is 5.92 Å². The third kappa shape index (κ3) is 4.26. The first-order chi connectivity index (χ1) is 10.8. The molecule has 2 rings (SSSR count). The smallest absolute Gasteiger partial charge is 0.119 e. The van der Waals surface area contributed by atoms with Crippen LogP contribution in [0.2, 0.25) is 0 Å². The normalized spacial score (nSPS) is 13.1. The Labute approximate surface area is 138 Å². The fraction of sp³-hybridized carbons (Fsp3) is 0.400. The van der Waals surface area contributed by atoms with Crippen molar-refractivity contribution < 1.29 is 14.9 Å². The second-order valence-electron chi connectivity index (χ2n) is 6.82. The highest BCUT2D eigenvalue weighted by Gasteiger charge is 2.23. The minimum absolute atomic E-state index is 0.163. The van der Waals surface area contributed by atoms with Gasteiger partial charge in [0.05, 0.1) is 6.10 Å². The van der Waals surface area contributed by atoms with Crippen molar-refractivity contribution in [3.8, 4) is 11.5 Å². The van der Waals surface area contributed by atoms with Crippen LogP contribution in [0.3, 0.4) is 0 Å². The summed E-state index contributed by atoms with van der Waals surface area (Å²) in [5.74, 6) is 1.22. The molecule has 1 atom stereocenters. The molecule has 0 aromatic heterocycles. The molecule has 0 aliphatic heterocycles. The van der Waals surface area contributed by atoms with E-state index in [4.69, 9.17) is 4.74 Å². The van der Waals surface area contributed by atoms with Crippen LogP contribution in [0.25, 0.3) is 0 Å². The van der Waals surface area contributed by atoms with Gasteiger partial charge in [-0.05, 0) is 41.3 Å². The van der Waals surface area contributed by atoms with Crippen LogP contribution in [-0.4, -0.2) is 22.9 Å². The summed E-state index contributed by atoms with van der Waals surface area (Å²) in [7, 11) is 0. The maximum Gasteiger partial charge on any atom is 0.119 e. The Balaban J connectivity index is 2.10. The highest BCUT2D eigenvalue weighted by Crippen LogP contribution is 2.33. The molecule has 124 valence electrons. The molecule has 2 aromatic carbocycles. The molecule has 0 aliphatic carbocycles. The van der Waals surface area contributed by atoms with Crippen molar-refractivity contribution in [1.29, 1.82) is 0 Å². The van der Waals surface area contributed by atoms with Gasteiger partial charge < -0.3 is 14.9 Å². The molecule has 3 heteroatoms. The first-order valence-corrected chi connectivity index (χ1v) is 8.01. The van der Waals surface area contributed by atoms with Crippen molar-refractivity contribution in [2.75, 3.05) is 6.61 Å². The number of phenolic OH excluding ortho intramolecular Hbond substituents is 1. The average molecular weight is 314 g/mol. The van der Waals surface area contributed by atoms with Crippen LogP contribution in [0.4, 0.5) is 0 Å². The molecule has 0 bridgehead atoms. The monoisotopic (exact) mass is 314 g/mol. The highest BCUT2D eigenvalue weighted by atomic mass is 16.5. The number of hydrogen-bond acceptors (Lipinski definition) is 3. The van der Waals surface area contributed by atoms with Gasteiger partial charge in [-0.1, -0.05) is 52.0 Å². The molecule has 0 heterocycles. The van der Waals surface area contributed by atoms with Gasteiger partial charge >= 0.3 is 0 Å². The zero-order valence-corrected chi connectivity index (χ0v) is 14.3. The van der Waals surface area contributed by atoms with Gasteiger partial charge in [-0.2, -0.15) is 0 Å². The number of benzene rings is 2. The van der Waals surface area contributed by atoms with E-state index in [9.17, 15) is 10.2 Å². The molecule has 0 saturated carbocycles. The second kappa shape index (κ2) is 7.05. The van der Waals surface area contributed by atoms with Crippen molar-refractivity contribution >= 4 is 0 Å². The fourth-order valence-corrected chi connectivity index (χ4v) is 2.39. The molecule has 0 saturated heterocycles. The first-order valence-electron chi connectivity index (χ1n) is 8.01. The van der Waals surface area contributed by atoms with Crippen LogP contribution in [0.5, 0.6) is 11.5 Å². The summed E-state index contributed by atoms with van der Waals surface area (Å²) in [6.07, 6.45) is -0.455. The third-order valence-corrected chi connectivity index (χ3v) is 4.36. The van der Waals surface area contributed by atoms with E-state index < -0.39 is 6.10 Å². The largest absolute Gasteiger partial charge is 0.508 e. The number of hydrogen-bond donors (Lipinski definition) is 2. The van der Waals surface area contributed by atoms with E-state index in [-0.39, 0.29) is 17.1 Å². The topological polar surface area (TPSA) is 49.7 Å². The maximum atomic E-state index is 9.80. The maximum absolute atomic E-state index is 9.80. The SMILES string of the molecule is CC(C)C(O)COc1ccc(C(C)(C)c2ccc(O)cc2)cc1. The van der Waals surface area contributed by atoms with Gasteiger partial charge in [-0.3, -0.25) is 0 Å². The van der Waals surface area contributed by atoms with Crippen LogP contribution in [0.15, 0.2) is 48.5 Å². The van der Waals surface area contributed by atoms with Crippen LogP contribution in [0, 0.1) is 5.92 Å². The van der Waals surface area contributed by atoms with Crippen molar-refractivity contribution in [3.63, 3.8) is 0 Å². The molecule has 3 nitrogen and oxygen atoms in total. The minimum Gasteiger partial charge on any atom is -0.508 e. The van der Waals surface area contributed by atoms with Crippen molar-refractivity contribution in [1.82, 2.24) is 0 Å². The number of aliphatic hydroxyl groups excluding tert-OH is 1. The van der Waals surface area contributed by atoms with Gasteiger partial charge in [0.15, 0.2) is 0 Å². The van der Waals surface area contributed by atoms with Gasteiger partial charge in [0.1, 0.15) is 18.1 Å². The Hall–Kier alpha value is -2.00. The predicted octanol–water partition coefficient (Wildman–Crippen LogP) is 4.11. The van der Waals surface area contributed by atoms with Crippen LogP contribution < -0.4 is 4.74 Å². The Morgan fingerprint density at radius 1 is 0.913 bits per heavy atom. The fourth-order valence-electron chi connectivity index (χ4n) is 2.39. The highest BCUT2D eigenvalue weighted by molar-refractivity contribution is 5.41. The van der Waals surface area contributed by atoms with Gasteiger partial charge in [0.2, 0.25) is 0 Å². The third-order valence-electron chi connectivity index (χ3n) is 4.36. The molecule has 0 radical (unpaired) electrons. The van der Waals surface area contributed by atoms with Crippen molar-refractivity contribution in [2.45, 2.75) is 39.2 Å². The minimum atomic E-state index is -0.455. The lowest BCUT2D eigenvalue weighted by molar-refractivity contribution is 0.0701. The molecule has 0 fully saturated rings. The Bertz CT molecular complexity index is 612. The number of rotatable bonds is 6. The Morgan fingerprint density at radius 2 is 1.39 bits per heavy atom. The van der Waals surface area contributed by atoms with Gasteiger partial charge in [0.25, 0.3) is 0 Å². The zero-order chi connectivity index (χ0) is 17.0. The summed E-state index contributed by atoms with van der Waals surface area (Å²) >= 11 is 0. The van der Waals surface area contributed by atoms with E-state index in [1.165, 1.54) is 5.56 Å². The lowest BCUT2D eigenvalue weighted by Gasteiger charge is -2.26. The quantitative estimate of drug-likeness (QED) is 0.843. The summed E-state index contributed by atoms with van der Waals surface area (Å²) in [6, 6.07) is 15.3. The van der Waals surface area contributed by atoms with Crippen LogP contribution >= 0.6 is 0 Å². The molecule has 0 amide bonds. The summed E-state index contributed by atoms with van der Waals surface area (Å²) in [5.41, 5.74) is 2.14. The summed E-state index contributed by atoms with van der Waals surface area (Å²) in [4.78, 5) is 0. The molecule has 2 aromatic rings. The standard InChI is InChI=1S/C20H26O3/c1-14(2)19(22)13-23-18-11-7-16(8-12-18)20(3,4)15-5-9-17(21)10-6-15/h5-12,14,19,21-22H,13H2,1-4H3. The predicted molar refractivity (Wildman–Crippen MR) is 93.0 cm³/mol. The summed E-state index contributed by atoms with van der Waals surface area (Å²) in [5, 5.41) is 19.2. The van der Waals surface area contributed by atoms with E-state index in [1.807, 2.05) is 50.2 Å². The zero-order valence-electron chi connectivity index (χ0n) is 14.3. The summed E-state index contributed by atoms with van der Waals surface area (Å²) in [6.45, 7) is 8.54. The average Bonchev–Trinajstić information content (AvgIpc) is 2.53. The number of phenols is 1. The lowest BCUT2D eigenvalue weighted by atomic mass is 9.78. The first kappa shape index (κ1) is 17.4. The lowest BCUT2D eigenvalue weighted by Crippen LogP contribution is -2.23. The van der Waals surface area contributed by atoms with Gasteiger partial charge in [-0.25, -0.2) is 0 Å². The van der Waals surface area contributed by atoms with Gasteiger partial charge in [-0.15, -0.1) is 0 Å². The van der Waals surface area contributed by atoms with Crippen molar-refractivity contribution in [3.05, 3.63) is 59.7 Å². The van der Waals surface area contributed by atoms with E-state index in [2.05, 4.69) is 13.8 Å². The molecule has 0 spiro atoms. The Morgan fingerprint density at radius 3 is 1.87 bits per heavy atom. The second-order valence-corrected chi connectivity index (χ2v) is 6.82. The molecule has 23 heavy (non-hydrogen) atoms. The summed E-state index contributed by atoms with van der Waals surface area (Å²) < 4.78 is 5.64. The molecular weight excluding hydrogens is 288 g/mol. The van der Waals surface area contributed by atoms with E-state index in [0.717, 1.165) is 11.3 Å². The molecule has 0 aliphatic rings. The molecule has 1 unspecified atom stereocenters. The van der Waals surface area contributed by atoms with Crippen LogP contribution in [0.1, 0.15) is 38.8 Å². The van der Waals surface area contributed by atoms with E-state index in [0.29, 0.717) is 6.61 Å². The molecule has 2 N–H and O–H groups in total. The van der Waals surface area contributed by atoms with E-state index in [1.54, 1.807) is 12.1 Å². The number of ether oxygens (including phenoxy) is 1. The number of aliphatic hydroxyl groups is 1. The Kier molecular flexibility index (Phi) is 5.32.